The minimum absolute atomic E-state index is 0.0870. The minimum Gasteiger partial charge on any atom is -0.389 e. The highest BCUT2D eigenvalue weighted by Crippen LogP contribution is 2.41. The zero-order chi connectivity index (χ0) is 13.9. The molecule has 0 radical (unpaired) electrons. The Hall–Kier alpha value is -0.600. The van der Waals surface area contributed by atoms with E-state index < -0.39 is 5.60 Å². The van der Waals surface area contributed by atoms with Gasteiger partial charge in [-0.05, 0) is 52.9 Å². The Labute approximate surface area is 112 Å². The first kappa shape index (κ1) is 15.5. The first-order valence-electron chi connectivity index (χ1n) is 6.89. The lowest BCUT2D eigenvalue weighted by Gasteiger charge is -2.46. The molecule has 1 atom stereocenters. The maximum absolute atomic E-state index is 10.7. The molecule has 0 aromatic rings. The lowest BCUT2D eigenvalue weighted by atomic mass is 9.78. The van der Waals surface area contributed by atoms with Crippen molar-refractivity contribution in [3.8, 4) is 0 Å². The summed E-state index contributed by atoms with van der Waals surface area (Å²) in [5, 5.41) is 10.7. The van der Waals surface area contributed by atoms with Crippen molar-refractivity contribution >= 4 is 0 Å². The third kappa shape index (κ3) is 4.25. The Kier molecular flexibility index (Phi) is 4.79. The van der Waals surface area contributed by atoms with E-state index in [4.69, 9.17) is 4.74 Å². The fraction of sp³-hybridized carbons (Fsp3) is 0.750. The average Bonchev–Trinajstić information content (AvgIpc) is 2.14. The third-order valence-electron chi connectivity index (χ3n) is 3.76. The zero-order valence-corrected chi connectivity index (χ0v) is 12.2. The number of hydrogen-bond acceptors (Lipinski definition) is 2. The Morgan fingerprint density at radius 3 is 2.17 bits per heavy atom. The van der Waals surface area contributed by atoms with E-state index in [9.17, 15) is 5.11 Å². The largest absolute Gasteiger partial charge is 0.389 e. The third-order valence-corrected chi connectivity index (χ3v) is 3.76. The van der Waals surface area contributed by atoms with Crippen LogP contribution in [0.25, 0.3) is 0 Å². The van der Waals surface area contributed by atoms with Crippen molar-refractivity contribution < 1.29 is 9.84 Å². The molecule has 1 heterocycles. The molecule has 0 aromatic heterocycles. The lowest BCUT2D eigenvalue weighted by Crippen LogP contribution is -2.48. The molecule has 104 valence electrons. The van der Waals surface area contributed by atoms with Gasteiger partial charge in [0, 0.05) is 6.42 Å². The van der Waals surface area contributed by atoms with Crippen molar-refractivity contribution in [2.45, 2.75) is 76.1 Å². The molecule has 1 rings (SSSR count). The van der Waals surface area contributed by atoms with Gasteiger partial charge in [0.1, 0.15) is 0 Å². The number of hydrogen-bond donors (Lipinski definition) is 1. The van der Waals surface area contributed by atoms with Crippen molar-refractivity contribution in [3.63, 3.8) is 0 Å². The van der Waals surface area contributed by atoms with E-state index >= 15 is 0 Å². The second-order valence-corrected chi connectivity index (χ2v) is 6.55. The molecule has 0 saturated carbocycles. The molecule has 0 amide bonds. The zero-order valence-electron chi connectivity index (χ0n) is 12.2. The van der Waals surface area contributed by atoms with Crippen LogP contribution in [-0.2, 0) is 4.74 Å². The van der Waals surface area contributed by atoms with Crippen LogP contribution in [0.3, 0.4) is 0 Å². The predicted molar refractivity (Wildman–Crippen MR) is 76.6 cm³/mol. The number of ether oxygens (including phenoxy) is 1. The molecule has 0 spiro atoms. The van der Waals surface area contributed by atoms with Crippen LogP contribution in [-0.4, -0.2) is 21.9 Å². The van der Waals surface area contributed by atoms with Gasteiger partial charge in [-0.3, -0.25) is 0 Å². The minimum atomic E-state index is -0.772. The summed E-state index contributed by atoms with van der Waals surface area (Å²) in [7, 11) is 0. The summed E-state index contributed by atoms with van der Waals surface area (Å²) in [6.45, 7) is 13.8. The van der Waals surface area contributed by atoms with E-state index in [1.807, 2.05) is 0 Å². The topological polar surface area (TPSA) is 29.5 Å². The van der Waals surface area contributed by atoms with Gasteiger partial charge in [0.05, 0.1) is 16.8 Å². The number of rotatable bonds is 6. The molecule has 1 N–H and O–H groups in total. The van der Waals surface area contributed by atoms with Crippen LogP contribution in [0.2, 0.25) is 0 Å². The van der Waals surface area contributed by atoms with Crippen molar-refractivity contribution in [2.24, 2.45) is 0 Å². The maximum Gasteiger partial charge on any atom is 0.0743 e. The van der Waals surface area contributed by atoms with Crippen LogP contribution in [0.4, 0.5) is 0 Å². The van der Waals surface area contributed by atoms with Gasteiger partial charge in [-0.2, -0.15) is 0 Å². The highest BCUT2D eigenvalue weighted by molar-refractivity contribution is 4.99. The summed E-state index contributed by atoms with van der Waals surface area (Å²) in [6, 6.07) is 0. The highest BCUT2D eigenvalue weighted by atomic mass is 16.5. The molecule has 1 aliphatic rings. The maximum atomic E-state index is 10.7. The molecule has 0 aliphatic carbocycles. The molecule has 2 heteroatoms. The van der Waals surface area contributed by atoms with Crippen LogP contribution >= 0.6 is 0 Å². The second kappa shape index (κ2) is 5.58. The van der Waals surface area contributed by atoms with Crippen molar-refractivity contribution in [2.75, 3.05) is 0 Å². The molecule has 18 heavy (non-hydrogen) atoms. The summed E-state index contributed by atoms with van der Waals surface area (Å²) in [5.41, 5.74) is -1.11. The van der Waals surface area contributed by atoms with E-state index in [-0.39, 0.29) is 11.2 Å². The molecular weight excluding hydrogens is 224 g/mol. The Bertz CT molecular complexity index is 296. The Balaban J connectivity index is 2.78. The number of aliphatic hydroxyl groups is 1. The summed E-state index contributed by atoms with van der Waals surface area (Å²) < 4.78 is 6.22. The van der Waals surface area contributed by atoms with Crippen molar-refractivity contribution in [3.05, 3.63) is 25.3 Å². The Morgan fingerprint density at radius 1 is 1.17 bits per heavy atom. The van der Waals surface area contributed by atoms with Gasteiger partial charge in [0.15, 0.2) is 0 Å². The van der Waals surface area contributed by atoms with Gasteiger partial charge in [-0.1, -0.05) is 12.2 Å². The van der Waals surface area contributed by atoms with Gasteiger partial charge >= 0.3 is 0 Å². The molecule has 0 aromatic carbocycles. The fourth-order valence-electron chi connectivity index (χ4n) is 3.24. The van der Waals surface area contributed by atoms with Gasteiger partial charge < -0.3 is 9.84 Å². The van der Waals surface area contributed by atoms with Gasteiger partial charge in [-0.25, -0.2) is 0 Å². The van der Waals surface area contributed by atoms with Crippen molar-refractivity contribution in [1.82, 2.24) is 0 Å². The summed E-state index contributed by atoms with van der Waals surface area (Å²) in [5.74, 6) is 0. The summed E-state index contributed by atoms with van der Waals surface area (Å²) in [6.07, 6.45) is 8.61. The Morgan fingerprint density at radius 2 is 1.72 bits per heavy atom. The predicted octanol–water partition coefficient (Wildman–Crippen LogP) is 4.00. The average molecular weight is 252 g/mol. The molecule has 1 aliphatic heterocycles. The van der Waals surface area contributed by atoms with E-state index in [1.54, 1.807) is 12.2 Å². The monoisotopic (exact) mass is 252 g/mol. The lowest BCUT2D eigenvalue weighted by molar-refractivity contribution is -0.189. The molecule has 2 nitrogen and oxygen atoms in total. The highest BCUT2D eigenvalue weighted by Gasteiger charge is 2.42. The van der Waals surface area contributed by atoms with Crippen molar-refractivity contribution in [1.29, 1.82) is 0 Å². The fourth-order valence-corrected chi connectivity index (χ4v) is 3.24. The molecule has 0 bridgehead atoms. The van der Waals surface area contributed by atoms with Crippen LogP contribution in [0.1, 0.15) is 59.3 Å². The van der Waals surface area contributed by atoms with E-state index in [0.29, 0.717) is 19.3 Å². The van der Waals surface area contributed by atoms with E-state index in [1.165, 1.54) is 0 Å². The quantitative estimate of drug-likeness (QED) is 0.724. The molecule has 1 saturated heterocycles. The standard InChI is InChI=1S/C16H28O2/c1-6-9-16(17,10-7-2)13-15(5)12-8-11-14(3,4)18-15/h6-7,17H,1-2,8-13H2,3-5H3. The molecule has 1 unspecified atom stereocenters. The summed E-state index contributed by atoms with van der Waals surface area (Å²) >= 11 is 0. The first-order valence-corrected chi connectivity index (χ1v) is 6.89. The molecule has 1 fully saturated rings. The van der Waals surface area contributed by atoms with Crippen LogP contribution in [0.15, 0.2) is 25.3 Å². The smallest absolute Gasteiger partial charge is 0.0743 e. The van der Waals surface area contributed by atoms with Crippen LogP contribution in [0, 0.1) is 0 Å². The van der Waals surface area contributed by atoms with E-state index in [2.05, 4.69) is 33.9 Å². The SMILES string of the molecule is C=CCC(O)(CC=C)CC1(C)CCCC(C)(C)O1. The van der Waals surface area contributed by atoms with Crippen LogP contribution in [0.5, 0.6) is 0 Å². The van der Waals surface area contributed by atoms with Gasteiger partial charge in [0.25, 0.3) is 0 Å². The second-order valence-electron chi connectivity index (χ2n) is 6.55. The van der Waals surface area contributed by atoms with Gasteiger partial charge in [-0.15, -0.1) is 13.2 Å². The van der Waals surface area contributed by atoms with Gasteiger partial charge in [0.2, 0.25) is 0 Å². The molecular formula is C16H28O2. The van der Waals surface area contributed by atoms with E-state index in [0.717, 1.165) is 19.3 Å². The van der Waals surface area contributed by atoms with Crippen LogP contribution < -0.4 is 0 Å². The first-order chi connectivity index (χ1) is 8.24. The normalized spacial score (nSPS) is 27.8. The summed E-state index contributed by atoms with van der Waals surface area (Å²) in [4.78, 5) is 0.